The Morgan fingerprint density at radius 2 is 2.00 bits per heavy atom. The third kappa shape index (κ3) is 4.56. The number of rotatable bonds is 7. The Kier molecular flexibility index (Phi) is 5.91. The first kappa shape index (κ1) is 16.0. The molecule has 2 aromatic rings. The van der Waals surface area contributed by atoms with E-state index in [0.717, 1.165) is 5.56 Å². The molecule has 1 aromatic carbocycles. The van der Waals surface area contributed by atoms with Gasteiger partial charge in [0.2, 0.25) is 5.88 Å². The van der Waals surface area contributed by atoms with E-state index in [0.29, 0.717) is 24.7 Å². The molecular weight excluding hydrogens is 280 g/mol. The summed E-state index contributed by atoms with van der Waals surface area (Å²) in [5.41, 5.74) is 1.58. The molecule has 1 heterocycles. The molecule has 0 aliphatic carbocycles. The summed E-state index contributed by atoms with van der Waals surface area (Å²) in [6, 6.07) is 13.0. The molecule has 1 aromatic heterocycles. The Labute approximate surface area is 130 Å². The van der Waals surface area contributed by atoms with Crippen LogP contribution in [0.1, 0.15) is 28.9 Å². The topological polar surface area (TPSA) is 60.5 Å². The predicted molar refractivity (Wildman–Crippen MR) is 83.9 cm³/mol. The Bertz CT molecular complexity index is 602. The van der Waals surface area contributed by atoms with Gasteiger partial charge in [-0.2, -0.15) is 0 Å². The molecule has 0 aliphatic heterocycles. The molecule has 1 N–H and O–H groups in total. The third-order valence-corrected chi connectivity index (χ3v) is 3.18. The molecular formula is C17H20N2O3. The summed E-state index contributed by atoms with van der Waals surface area (Å²) in [6.45, 7) is 2.82. The smallest absolute Gasteiger partial charge is 0.252 e. The second-order valence-corrected chi connectivity index (χ2v) is 4.83. The first-order valence-corrected chi connectivity index (χ1v) is 7.14. The zero-order valence-electron chi connectivity index (χ0n) is 12.8. The van der Waals surface area contributed by atoms with Gasteiger partial charge in [-0.3, -0.25) is 4.79 Å². The Morgan fingerprint density at radius 3 is 2.73 bits per heavy atom. The maximum absolute atomic E-state index is 12.3. The lowest BCUT2D eigenvalue weighted by atomic mass is 10.1. The fourth-order valence-corrected chi connectivity index (χ4v) is 1.96. The van der Waals surface area contributed by atoms with Gasteiger partial charge in [0, 0.05) is 24.9 Å². The average Bonchev–Trinajstić information content (AvgIpc) is 2.56. The zero-order valence-corrected chi connectivity index (χ0v) is 12.8. The summed E-state index contributed by atoms with van der Waals surface area (Å²) in [5.74, 6) is 0.257. The van der Waals surface area contributed by atoms with Crippen molar-refractivity contribution in [1.29, 1.82) is 0 Å². The summed E-state index contributed by atoms with van der Waals surface area (Å²) in [4.78, 5) is 16.4. The predicted octanol–water partition coefficient (Wildman–Crippen LogP) is 2.60. The van der Waals surface area contributed by atoms with E-state index in [9.17, 15) is 4.79 Å². The van der Waals surface area contributed by atoms with Crippen molar-refractivity contribution in [3.05, 3.63) is 59.8 Å². The monoisotopic (exact) mass is 300 g/mol. The van der Waals surface area contributed by atoms with Crippen LogP contribution in [0.3, 0.4) is 0 Å². The van der Waals surface area contributed by atoms with E-state index in [1.807, 2.05) is 37.3 Å². The quantitative estimate of drug-likeness (QED) is 0.798. The minimum atomic E-state index is -0.157. The Hall–Kier alpha value is -2.40. The molecule has 0 fully saturated rings. The van der Waals surface area contributed by atoms with Gasteiger partial charge in [0.15, 0.2) is 0 Å². The number of ether oxygens (including phenoxy) is 2. The lowest BCUT2D eigenvalue weighted by Crippen LogP contribution is -2.26. The third-order valence-electron chi connectivity index (χ3n) is 3.18. The molecule has 5 nitrogen and oxygen atoms in total. The van der Waals surface area contributed by atoms with Gasteiger partial charge >= 0.3 is 0 Å². The van der Waals surface area contributed by atoms with Crippen molar-refractivity contribution < 1.29 is 14.3 Å². The van der Waals surface area contributed by atoms with Crippen LogP contribution < -0.4 is 10.1 Å². The van der Waals surface area contributed by atoms with Gasteiger partial charge in [-0.25, -0.2) is 4.98 Å². The molecule has 0 aliphatic rings. The van der Waals surface area contributed by atoms with Crippen LogP contribution in [0.25, 0.3) is 0 Å². The van der Waals surface area contributed by atoms with Crippen molar-refractivity contribution >= 4 is 5.91 Å². The van der Waals surface area contributed by atoms with Crippen LogP contribution in [0.2, 0.25) is 0 Å². The molecule has 0 bridgehead atoms. The highest BCUT2D eigenvalue weighted by Crippen LogP contribution is 2.14. The maximum Gasteiger partial charge on any atom is 0.252 e. The van der Waals surface area contributed by atoms with Crippen LogP contribution in [0, 0.1) is 0 Å². The lowest BCUT2D eigenvalue weighted by molar-refractivity contribution is 0.0939. The number of amides is 1. The fraction of sp³-hybridized carbons (Fsp3) is 0.294. The number of benzene rings is 1. The molecule has 0 spiro atoms. The van der Waals surface area contributed by atoms with E-state index in [1.54, 1.807) is 25.4 Å². The average molecular weight is 300 g/mol. The zero-order chi connectivity index (χ0) is 15.8. The highest BCUT2D eigenvalue weighted by Gasteiger charge is 2.12. The number of methoxy groups -OCH3 is 1. The number of carbonyl (C=O) groups is 1. The largest absolute Gasteiger partial charge is 0.475 e. The van der Waals surface area contributed by atoms with Gasteiger partial charge in [-0.15, -0.1) is 0 Å². The number of hydrogen-bond acceptors (Lipinski definition) is 4. The summed E-state index contributed by atoms with van der Waals surface area (Å²) in [7, 11) is 1.60. The number of nitrogens with zero attached hydrogens (tertiary/aromatic N) is 1. The Balaban J connectivity index is 1.98. The number of hydrogen-bond donors (Lipinski definition) is 1. The molecule has 0 saturated carbocycles. The summed E-state index contributed by atoms with van der Waals surface area (Å²) < 4.78 is 10.3. The standard InChI is InChI=1S/C17H20N2O3/c1-13(14-6-4-3-5-7-14)19-17(20)15-8-9-18-16(12-15)22-11-10-21-2/h3-9,12-13H,10-11H2,1-2H3,(H,19,20)/t13-/m0/s1. The van der Waals surface area contributed by atoms with E-state index in [2.05, 4.69) is 10.3 Å². The Morgan fingerprint density at radius 1 is 1.23 bits per heavy atom. The second kappa shape index (κ2) is 8.14. The van der Waals surface area contributed by atoms with Crippen molar-refractivity contribution in [3.8, 4) is 5.88 Å². The van der Waals surface area contributed by atoms with Crippen molar-refractivity contribution in [2.24, 2.45) is 0 Å². The summed E-state index contributed by atoms with van der Waals surface area (Å²) in [6.07, 6.45) is 1.56. The van der Waals surface area contributed by atoms with Crippen LogP contribution in [0.4, 0.5) is 0 Å². The van der Waals surface area contributed by atoms with Gasteiger partial charge in [0.1, 0.15) is 6.61 Å². The highest BCUT2D eigenvalue weighted by molar-refractivity contribution is 5.94. The van der Waals surface area contributed by atoms with Crippen molar-refractivity contribution in [2.75, 3.05) is 20.3 Å². The molecule has 5 heteroatoms. The minimum Gasteiger partial charge on any atom is -0.475 e. The summed E-state index contributed by atoms with van der Waals surface area (Å²) in [5, 5.41) is 2.96. The first-order chi connectivity index (χ1) is 10.7. The fourth-order valence-electron chi connectivity index (χ4n) is 1.96. The normalized spacial score (nSPS) is 11.7. The molecule has 0 unspecified atom stereocenters. The van der Waals surface area contributed by atoms with E-state index in [4.69, 9.17) is 9.47 Å². The van der Waals surface area contributed by atoms with Crippen molar-refractivity contribution in [2.45, 2.75) is 13.0 Å². The first-order valence-electron chi connectivity index (χ1n) is 7.14. The van der Waals surface area contributed by atoms with E-state index in [1.165, 1.54) is 0 Å². The number of nitrogens with one attached hydrogen (secondary N) is 1. The molecule has 0 saturated heterocycles. The number of pyridine rings is 1. The van der Waals surface area contributed by atoms with Crippen molar-refractivity contribution in [3.63, 3.8) is 0 Å². The van der Waals surface area contributed by atoms with Gasteiger partial charge in [-0.05, 0) is 18.6 Å². The molecule has 1 amide bonds. The van der Waals surface area contributed by atoms with E-state index >= 15 is 0 Å². The van der Waals surface area contributed by atoms with Crippen LogP contribution in [-0.2, 0) is 4.74 Å². The molecule has 0 radical (unpaired) electrons. The van der Waals surface area contributed by atoms with Gasteiger partial charge in [0.25, 0.3) is 5.91 Å². The van der Waals surface area contributed by atoms with Gasteiger partial charge < -0.3 is 14.8 Å². The lowest BCUT2D eigenvalue weighted by Gasteiger charge is -2.14. The molecule has 22 heavy (non-hydrogen) atoms. The van der Waals surface area contributed by atoms with Crippen molar-refractivity contribution in [1.82, 2.24) is 10.3 Å². The number of carbonyl (C=O) groups excluding carboxylic acids is 1. The minimum absolute atomic E-state index is 0.0697. The van der Waals surface area contributed by atoms with E-state index < -0.39 is 0 Å². The van der Waals surface area contributed by atoms with Crippen LogP contribution in [-0.4, -0.2) is 31.2 Å². The van der Waals surface area contributed by atoms with Crippen LogP contribution in [0.5, 0.6) is 5.88 Å². The molecule has 1 atom stereocenters. The van der Waals surface area contributed by atoms with E-state index in [-0.39, 0.29) is 11.9 Å². The highest BCUT2D eigenvalue weighted by atomic mass is 16.5. The molecule has 2 rings (SSSR count). The second-order valence-electron chi connectivity index (χ2n) is 4.83. The van der Waals surface area contributed by atoms with Gasteiger partial charge in [-0.1, -0.05) is 30.3 Å². The van der Waals surface area contributed by atoms with Crippen LogP contribution in [0.15, 0.2) is 48.7 Å². The summed E-state index contributed by atoms with van der Waals surface area (Å²) >= 11 is 0. The maximum atomic E-state index is 12.3. The van der Waals surface area contributed by atoms with Gasteiger partial charge in [0.05, 0.1) is 12.6 Å². The number of aromatic nitrogens is 1. The molecule has 116 valence electrons. The SMILES string of the molecule is COCCOc1cc(C(=O)N[C@@H](C)c2ccccc2)ccn1. The van der Waals surface area contributed by atoms with Crippen LogP contribution >= 0.6 is 0 Å².